The number of carbonyl (C=O) groups is 1. The van der Waals surface area contributed by atoms with E-state index in [4.69, 9.17) is 4.74 Å². The first kappa shape index (κ1) is 12.7. The predicted molar refractivity (Wildman–Crippen MR) is 78.9 cm³/mol. The third-order valence-electron chi connectivity index (χ3n) is 3.67. The van der Waals surface area contributed by atoms with Crippen molar-refractivity contribution >= 4 is 11.6 Å². The quantitative estimate of drug-likeness (QED) is 0.854. The zero-order valence-corrected chi connectivity index (χ0v) is 11.5. The summed E-state index contributed by atoms with van der Waals surface area (Å²) in [7, 11) is 1.65. The number of nitrogens with zero attached hydrogens (tertiary/aromatic N) is 1. The second-order valence-electron chi connectivity index (χ2n) is 4.96. The number of aryl methyl sites for hydroxylation is 1. The molecule has 0 spiro atoms. The molecule has 3 nitrogen and oxygen atoms in total. The average Bonchev–Trinajstić information content (AvgIpc) is 2.50. The minimum Gasteiger partial charge on any atom is -0.497 e. The predicted octanol–water partition coefficient (Wildman–Crippen LogP) is 3.17. The number of hydrogen-bond acceptors (Lipinski definition) is 2. The van der Waals surface area contributed by atoms with E-state index in [0.717, 1.165) is 23.4 Å². The van der Waals surface area contributed by atoms with E-state index in [1.807, 2.05) is 47.4 Å². The Morgan fingerprint density at radius 2 is 1.95 bits per heavy atom. The number of methoxy groups -OCH3 is 1. The monoisotopic (exact) mass is 267 g/mol. The van der Waals surface area contributed by atoms with E-state index in [1.165, 1.54) is 5.56 Å². The van der Waals surface area contributed by atoms with Gasteiger partial charge in [-0.3, -0.25) is 4.79 Å². The van der Waals surface area contributed by atoms with Crippen LogP contribution in [0.3, 0.4) is 0 Å². The summed E-state index contributed by atoms with van der Waals surface area (Å²) in [5.74, 6) is 1.01. The molecule has 0 atom stereocenters. The summed E-state index contributed by atoms with van der Waals surface area (Å²) in [4.78, 5) is 14.1. The Morgan fingerprint density at radius 3 is 2.80 bits per heavy atom. The standard InChI is InChI=1S/C17H17NO2/c1-20-15-7-4-5-13(11-15)12-18-16-8-3-2-6-14(16)9-10-17(18)19/h2-8,11H,9-10,12H2,1H3. The molecular formula is C17H17NO2. The molecule has 0 bridgehead atoms. The molecule has 3 heteroatoms. The molecule has 1 aliphatic heterocycles. The third kappa shape index (κ3) is 2.39. The summed E-state index contributed by atoms with van der Waals surface area (Å²) in [5.41, 5.74) is 3.36. The number of anilines is 1. The maximum Gasteiger partial charge on any atom is 0.227 e. The van der Waals surface area contributed by atoms with E-state index in [2.05, 4.69) is 6.07 Å². The van der Waals surface area contributed by atoms with Crippen LogP contribution in [0.2, 0.25) is 0 Å². The molecule has 0 saturated heterocycles. The molecule has 2 aromatic rings. The zero-order valence-electron chi connectivity index (χ0n) is 11.5. The number of hydrogen-bond donors (Lipinski definition) is 0. The van der Waals surface area contributed by atoms with Crippen molar-refractivity contribution in [2.75, 3.05) is 12.0 Å². The molecular weight excluding hydrogens is 250 g/mol. The molecule has 0 unspecified atom stereocenters. The molecule has 20 heavy (non-hydrogen) atoms. The topological polar surface area (TPSA) is 29.5 Å². The highest BCUT2D eigenvalue weighted by Crippen LogP contribution is 2.29. The van der Waals surface area contributed by atoms with Crippen molar-refractivity contribution in [2.24, 2.45) is 0 Å². The lowest BCUT2D eigenvalue weighted by molar-refractivity contribution is -0.119. The fraction of sp³-hybridized carbons (Fsp3) is 0.235. The lowest BCUT2D eigenvalue weighted by Crippen LogP contribution is -2.34. The van der Waals surface area contributed by atoms with Gasteiger partial charge in [-0.1, -0.05) is 30.3 Å². The molecule has 1 amide bonds. The van der Waals surface area contributed by atoms with Crippen LogP contribution in [-0.2, 0) is 17.8 Å². The summed E-state index contributed by atoms with van der Waals surface area (Å²) in [5, 5.41) is 0. The second kappa shape index (κ2) is 5.37. The number of benzene rings is 2. The Hall–Kier alpha value is -2.29. The van der Waals surface area contributed by atoms with Crippen molar-refractivity contribution in [1.29, 1.82) is 0 Å². The van der Waals surface area contributed by atoms with Gasteiger partial charge in [-0.15, -0.1) is 0 Å². The fourth-order valence-electron chi connectivity index (χ4n) is 2.62. The SMILES string of the molecule is COc1cccc(CN2C(=O)CCc3ccccc32)c1. The van der Waals surface area contributed by atoms with Gasteiger partial charge in [0.2, 0.25) is 5.91 Å². The van der Waals surface area contributed by atoms with Crippen LogP contribution in [0, 0.1) is 0 Å². The molecule has 0 N–H and O–H groups in total. The first-order chi connectivity index (χ1) is 9.78. The molecule has 0 aliphatic carbocycles. The van der Waals surface area contributed by atoms with Gasteiger partial charge in [-0.2, -0.15) is 0 Å². The highest BCUT2D eigenvalue weighted by molar-refractivity contribution is 5.96. The molecule has 2 aromatic carbocycles. The molecule has 0 fully saturated rings. The maximum atomic E-state index is 12.2. The maximum absolute atomic E-state index is 12.2. The number of amides is 1. The fourth-order valence-corrected chi connectivity index (χ4v) is 2.62. The molecule has 0 aromatic heterocycles. The number of rotatable bonds is 3. The van der Waals surface area contributed by atoms with E-state index in [9.17, 15) is 4.79 Å². The van der Waals surface area contributed by atoms with Crippen LogP contribution in [-0.4, -0.2) is 13.0 Å². The van der Waals surface area contributed by atoms with Gasteiger partial charge in [0.15, 0.2) is 0 Å². The first-order valence-electron chi connectivity index (χ1n) is 6.79. The summed E-state index contributed by atoms with van der Waals surface area (Å²) < 4.78 is 5.24. The van der Waals surface area contributed by atoms with Gasteiger partial charge in [-0.25, -0.2) is 0 Å². The lowest BCUT2D eigenvalue weighted by Gasteiger charge is -2.29. The Balaban J connectivity index is 1.91. The van der Waals surface area contributed by atoms with E-state index in [0.29, 0.717) is 13.0 Å². The number of carbonyl (C=O) groups excluding carboxylic acids is 1. The zero-order chi connectivity index (χ0) is 13.9. The van der Waals surface area contributed by atoms with Gasteiger partial charge in [-0.05, 0) is 35.7 Å². The van der Waals surface area contributed by atoms with Gasteiger partial charge < -0.3 is 9.64 Å². The number of ether oxygens (including phenoxy) is 1. The summed E-state index contributed by atoms with van der Waals surface area (Å²) in [6.07, 6.45) is 1.42. The van der Waals surface area contributed by atoms with Crippen LogP contribution in [0.15, 0.2) is 48.5 Å². The molecule has 0 saturated carbocycles. The van der Waals surface area contributed by atoms with Gasteiger partial charge in [0.05, 0.1) is 13.7 Å². The van der Waals surface area contributed by atoms with Crippen molar-refractivity contribution in [3.63, 3.8) is 0 Å². The van der Waals surface area contributed by atoms with Crippen LogP contribution in [0.25, 0.3) is 0 Å². The van der Waals surface area contributed by atoms with E-state index in [-0.39, 0.29) is 5.91 Å². The van der Waals surface area contributed by atoms with Crippen LogP contribution in [0.5, 0.6) is 5.75 Å². The number of fused-ring (bicyclic) bond motifs is 1. The number of para-hydroxylation sites is 1. The second-order valence-corrected chi connectivity index (χ2v) is 4.96. The van der Waals surface area contributed by atoms with Gasteiger partial charge in [0, 0.05) is 12.1 Å². The Bertz CT molecular complexity index is 636. The van der Waals surface area contributed by atoms with Crippen molar-refractivity contribution in [3.8, 4) is 5.75 Å². The van der Waals surface area contributed by atoms with Crippen molar-refractivity contribution in [1.82, 2.24) is 0 Å². The normalized spacial score (nSPS) is 14.1. The highest BCUT2D eigenvalue weighted by Gasteiger charge is 2.23. The molecule has 3 rings (SSSR count). The van der Waals surface area contributed by atoms with Crippen molar-refractivity contribution in [2.45, 2.75) is 19.4 Å². The summed E-state index contributed by atoms with van der Waals surface area (Å²) >= 11 is 0. The van der Waals surface area contributed by atoms with Crippen LogP contribution in [0.1, 0.15) is 17.5 Å². The molecule has 102 valence electrons. The minimum absolute atomic E-state index is 0.187. The van der Waals surface area contributed by atoms with E-state index in [1.54, 1.807) is 7.11 Å². The summed E-state index contributed by atoms with van der Waals surface area (Å²) in [6.45, 7) is 0.590. The van der Waals surface area contributed by atoms with Crippen LogP contribution in [0.4, 0.5) is 5.69 Å². The minimum atomic E-state index is 0.187. The molecule has 0 radical (unpaired) electrons. The summed E-state index contributed by atoms with van der Waals surface area (Å²) in [6, 6.07) is 16.0. The Kier molecular flexibility index (Phi) is 3.42. The molecule has 1 heterocycles. The van der Waals surface area contributed by atoms with E-state index < -0.39 is 0 Å². The Labute approximate surface area is 118 Å². The molecule has 1 aliphatic rings. The largest absolute Gasteiger partial charge is 0.497 e. The van der Waals surface area contributed by atoms with Crippen LogP contribution >= 0.6 is 0 Å². The van der Waals surface area contributed by atoms with Gasteiger partial charge in [0.1, 0.15) is 5.75 Å². The van der Waals surface area contributed by atoms with Gasteiger partial charge >= 0.3 is 0 Å². The van der Waals surface area contributed by atoms with Crippen LogP contribution < -0.4 is 9.64 Å². The van der Waals surface area contributed by atoms with Gasteiger partial charge in [0.25, 0.3) is 0 Å². The Morgan fingerprint density at radius 1 is 1.10 bits per heavy atom. The van der Waals surface area contributed by atoms with Crippen molar-refractivity contribution in [3.05, 3.63) is 59.7 Å². The van der Waals surface area contributed by atoms with E-state index >= 15 is 0 Å². The lowest BCUT2D eigenvalue weighted by atomic mass is 10.0. The third-order valence-corrected chi connectivity index (χ3v) is 3.67. The van der Waals surface area contributed by atoms with Crippen molar-refractivity contribution < 1.29 is 9.53 Å². The highest BCUT2D eigenvalue weighted by atomic mass is 16.5. The average molecular weight is 267 g/mol. The first-order valence-corrected chi connectivity index (χ1v) is 6.79. The smallest absolute Gasteiger partial charge is 0.227 e.